The molecule has 1 saturated carbocycles. The molecular formula is C10H11ClO2S. The molecular weight excluding hydrogens is 220 g/mol. The van der Waals surface area contributed by atoms with Crippen LogP contribution in [-0.4, -0.2) is 14.2 Å². The standard InChI is InChI=1S/C10H11ClO2S/c11-9-2-1-3-10(6-9)14(12,13)7-8-4-5-8/h1-3,6,8H,4-5,7H2. The smallest absolute Gasteiger partial charge is 0.178 e. The van der Waals surface area contributed by atoms with Gasteiger partial charge in [0.2, 0.25) is 0 Å². The van der Waals surface area contributed by atoms with E-state index in [2.05, 4.69) is 0 Å². The SMILES string of the molecule is O=S(=O)(CC1CC1)c1cccc(Cl)c1. The van der Waals surface area contributed by atoms with Crippen LogP contribution in [0.3, 0.4) is 0 Å². The second-order valence-electron chi connectivity index (χ2n) is 3.68. The molecule has 0 saturated heterocycles. The molecule has 1 aromatic rings. The minimum atomic E-state index is -3.10. The van der Waals surface area contributed by atoms with E-state index in [1.807, 2.05) is 0 Å². The van der Waals surface area contributed by atoms with E-state index in [-0.39, 0.29) is 5.75 Å². The molecule has 0 aliphatic heterocycles. The van der Waals surface area contributed by atoms with Crippen molar-refractivity contribution in [1.29, 1.82) is 0 Å². The average Bonchev–Trinajstić information content (AvgIpc) is 2.87. The minimum Gasteiger partial charge on any atom is -0.224 e. The lowest BCUT2D eigenvalue weighted by Gasteiger charge is -2.02. The zero-order chi connectivity index (χ0) is 10.2. The van der Waals surface area contributed by atoms with Crippen molar-refractivity contribution in [3.63, 3.8) is 0 Å². The number of rotatable bonds is 3. The predicted molar refractivity (Wildman–Crippen MR) is 56.2 cm³/mol. The van der Waals surface area contributed by atoms with Crippen LogP contribution in [0.15, 0.2) is 29.2 Å². The van der Waals surface area contributed by atoms with Crippen LogP contribution >= 0.6 is 11.6 Å². The first-order chi connectivity index (χ1) is 6.58. The van der Waals surface area contributed by atoms with Crippen molar-refractivity contribution in [3.05, 3.63) is 29.3 Å². The number of sulfone groups is 1. The van der Waals surface area contributed by atoms with Gasteiger partial charge in [0.15, 0.2) is 9.84 Å². The molecule has 2 nitrogen and oxygen atoms in total. The third-order valence-corrected chi connectivity index (χ3v) is 4.42. The van der Waals surface area contributed by atoms with Crippen LogP contribution in [0.1, 0.15) is 12.8 Å². The summed E-state index contributed by atoms with van der Waals surface area (Å²) in [5.41, 5.74) is 0. The molecule has 0 amide bonds. The summed E-state index contributed by atoms with van der Waals surface area (Å²) in [6.07, 6.45) is 2.08. The fraction of sp³-hybridized carbons (Fsp3) is 0.400. The van der Waals surface area contributed by atoms with Gasteiger partial charge in [0.25, 0.3) is 0 Å². The molecule has 0 spiro atoms. The summed E-state index contributed by atoms with van der Waals surface area (Å²) < 4.78 is 23.6. The molecule has 1 aliphatic rings. The van der Waals surface area contributed by atoms with Gasteiger partial charge in [0, 0.05) is 5.02 Å². The van der Waals surface area contributed by atoms with Crippen LogP contribution in [0.4, 0.5) is 0 Å². The molecule has 0 unspecified atom stereocenters. The molecule has 4 heteroatoms. The van der Waals surface area contributed by atoms with E-state index in [0.29, 0.717) is 15.8 Å². The van der Waals surface area contributed by atoms with Gasteiger partial charge in [-0.15, -0.1) is 0 Å². The predicted octanol–water partition coefficient (Wildman–Crippen LogP) is 2.52. The van der Waals surface area contributed by atoms with Gasteiger partial charge in [0.1, 0.15) is 0 Å². The minimum absolute atomic E-state index is 0.271. The largest absolute Gasteiger partial charge is 0.224 e. The maximum atomic E-state index is 11.8. The van der Waals surface area contributed by atoms with Crippen molar-refractivity contribution in [2.24, 2.45) is 5.92 Å². The Labute approximate surface area is 88.8 Å². The Bertz CT molecular complexity index is 435. The van der Waals surface area contributed by atoms with Crippen molar-refractivity contribution in [2.75, 3.05) is 5.75 Å². The van der Waals surface area contributed by atoms with Crippen LogP contribution in [0.5, 0.6) is 0 Å². The summed E-state index contributed by atoms with van der Waals surface area (Å²) in [5, 5.41) is 0.474. The molecule has 1 fully saturated rings. The van der Waals surface area contributed by atoms with E-state index in [1.165, 1.54) is 6.07 Å². The van der Waals surface area contributed by atoms with Gasteiger partial charge in [-0.25, -0.2) is 8.42 Å². The van der Waals surface area contributed by atoms with Crippen molar-refractivity contribution < 1.29 is 8.42 Å². The van der Waals surface area contributed by atoms with Gasteiger partial charge in [-0.2, -0.15) is 0 Å². The summed E-state index contributed by atoms with van der Waals surface area (Å²) in [6, 6.07) is 6.46. The van der Waals surface area contributed by atoms with Gasteiger partial charge in [-0.05, 0) is 37.0 Å². The summed E-state index contributed by atoms with van der Waals surface area (Å²) in [5.74, 6) is 0.645. The normalized spacial score (nSPS) is 16.9. The highest BCUT2D eigenvalue weighted by atomic mass is 35.5. The molecule has 0 atom stereocenters. The Hall–Kier alpha value is -0.540. The van der Waals surface area contributed by atoms with Crippen molar-refractivity contribution in [2.45, 2.75) is 17.7 Å². The van der Waals surface area contributed by atoms with Gasteiger partial charge in [-0.1, -0.05) is 17.7 Å². The maximum Gasteiger partial charge on any atom is 0.178 e. The molecule has 1 aliphatic carbocycles. The highest BCUT2D eigenvalue weighted by Gasteiger charge is 2.28. The average molecular weight is 231 g/mol. The number of benzene rings is 1. The van der Waals surface area contributed by atoms with Crippen molar-refractivity contribution in [1.82, 2.24) is 0 Å². The third-order valence-electron chi connectivity index (χ3n) is 2.31. The van der Waals surface area contributed by atoms with E-state index in [1.54, 1.807) is 18.2 Å². The molecule has 0 N–H and O–H groups in total. The Kier molecular flexibility index (Phi) is 2.54. The molecule has 14 heavy (non-hydrogen) atoms. The molecule has 1 aromatic carbocycles. The first-order valence-electron chi connectivity index (χ1n) is 4.56. The monoisotopic (exact) mass is 230 g/mol. The summed E-state index contributed by atoms with van der Waals surface area (Å²) in [6.45, 7) is 0. The third kappa shape index (κ3) is 2.28. The second kappa shape index (κ2) is 3.55. The quantitative estimate of drug-likeness (QED) is 0.800. The molecule has 76 valence electrons. The molecule has 0 heterocycles. The van der Waals surface area contributed by atoms with E-state index in [9.17, 15) is 8.42 Å². The van der Waals surface area contributed by atoms with Gasteiger partial charge in [0.05, 0.1) is 10.6 Å². The molecule has 0 bridgehead atoms. The van der Waals surface area contributed by atoms with E-state index in [4.69, 9.17) is 11.6 Å². The number of hydrogen-bond donors (Lipinski definition) is 0. The van der Waals surface area contributed by atoms with Crippen LogP contribution in [0.2, 0.25) is 5.02 Å². The van der Waals surface area contributed by atoms with Crippen molar-refractivity contribution in [3.8, 4) is 0 Å². The lowest BCUT2D eigenvalue weighted by Crippen LogP contribution is -2.08. The van der Waals surface area contributed by atoms with Crippen LogP contribution < -0.4 is 0 Å². The van der Waals surface area contributed by atoms with Crippen molar-refractivity contribution >= 4 is 21.4 Å². The molecule has 2 rings (SSSR count). The van der Waals surface area contributed by atoms with Gasteiger partial charge < -0.3 is 0 Å². The molecule has 0 aromatic heterocycles. The van der Waals surface area contributed by atoms with E-state index < -0.39 is 9.84 Å². The first-order valence-corrected chi connectivity index (χ1v) is 6.59. The first kappa shape index (κ1) is 9.99. The number of hydrogen-bond acceptors (Lipinski definition) is 2. The lowest BCUT2D eigenvalue weighted by atomic mass is 10.4. The lowest BCUT2D eigenvalue weighted by molar-refractivity contribution is 0.592. The Morgan fingerprint density at radius 1 is 1.36 bits per heavy atom. The zero-order valence-electron chi connectivity index (χ0n) is 7.61. The summed E-state index contributed by atoms with van der Waals surface area (Å²) in [7, 11) is -3.10. The summed E-state index contributed by atoms with van der Waals surface area (Å²) >= 11 is 5.74. The van der Waals surface area contributed by atoms with Crippen LogP contribution in [0.25, 0.3) is 0 Å². The van der Waals surface area contributed by atoms with E-state index >= 15 is 0 Å². The fourth-order valence-electron chi connectivity index (χ4n) is 1.35. The van der Waals surface area contributed by atoms with Gasteiger partial charge >= 0.3 is 0 Å². The highest BCUT2D eigenvalue weighted by molar-refractivity contribution is 7.91. The summed E-state index contributed by atoms with van der Waals surface area (Å²) in [4.78, 5) is 0.344. The molecule has 0 radical (unpaired) electrons. The zero-order valence-corrected chi connectivity index (χ0v) is 9.18. The van der Waals surface area contributed by atoms with Gasteiger partial charge in [-0.3, -0.25) is 0 Å². The maximum absolute atomic E-state index is 11.8. The Balaban J connectivity index is 2.28. The van der Waals surface area contributed by atoms with E-state index in [0.717, 1.165) is 12.8 Å². The fourth-order valence-corrected chi connectivity index (χ4v) is 3.35. The Morgan fingerprint density at radius 3 is 2.64 bits per heavy atom. The van der Waals surface area contributed by atoms with Crippen LogP contribution in [-0.2, 0) is 9.84 Å². The Morgan fingerprint density at radius 2 is 2.07 bits per heavy atom. The van der Waals surface area contributed by atoms with Crippen LogP contribution in [0, 0.1) is 5.92 Å². The topological polar surface area (TPSA) is 34.1 Å². The number of halogens is 1. The highest BCUT2D eigenvalue weighted by Crippen LogP contribution is 2.32. The second-order valence-corrected chi connectivity index (χ2v) is 6.15.